The molecule has 1 fully saturated rings. The third kappa shape index (κ3) is 5.46. The van der Waals surface area contributed by atoms with Crippen molar-refractivity contribution in [3.05, 3.63) is 65.7 Å². The first-order valence-electron chi connectivity index (χ1n) is 11.3. The summed E-state index contributed by atoms with van der Waals surface area (Å²) in [6, 6.07) is 19.0. The van der Waals surface area contributed by atoms with E-state index >= 15 is 0 Å². The molecular weight excluding hydrogens is 402 g/mol. The summed E-state index contributed by atoms with van der Waals surface area (Å²) in [6.45, 7) is 7.15. The summed E-state index contributed by atoms with van der Waals surface area (Å²) in [7, 11) is 0. The van der Waals surface area contributed by atoms with Crippen LogP contribution in [-0.4, -0.2) is 41.5 Å². The van der Waals surface area contributed by atoms with Gasteiger partial charge in [-0.15, -0.1) is 0 Å². The Kier molecular flexibility index (Phi) is 7.25. The molecule has 5 heteroatoms. The Hall–Kier alpha value is -2.37. The molecule has 31 heavy (non-hydrogen) atoms. The summed E-state index contributed by atoms with van der Waals surface area (Å²) in [5, 5.41) is 4.89. The zero-order chi connectivity index (χ0) is 21.6. The Morgan fingerprint density at radius 3 is 2.74 bits per heavy atom. The molecule has 1 N–H and O–H groups in total. The highest BCUT2D eigenvalue weighted by Gasteiger charge is 2.18. The topological polar surface area (TPSA) is 45.2 Å². The number of carbonyl (C=O) groups is 1. The molecule has 1 aromatic heterocycles. The predicted molar refractivity (Wildman–Crippen MR) is 129 cm³/mol. The Morgan fingerprint density at radius 2 is 1.97 bits per heavy atom. The Morgan fingerprint density at radius 1 is 1.16 bits per heavy atom. The molecule has 1 aliphatic heterocycles. The minimum absolute atomic E-state index is 0.0218. The van der Waals surface area contributed by atoms with Crippen LogP contribution in [0.2, 0.25) is 0 Å². The van der Waals surface area contributed by atoms with Crippen LogP contribution in [0.15, 0.2) is 64.5 Å². The van der Waals surface area contributed by atoms with E-state index in [1.807, 2.05) is 30.3 Å². The second-order valence-corrected chi connectivity index (χ2v) is 9.36. The Labute approximate surface area is 189 Å². The first kappa shape index (κ1) is 21.8. The maximum absolute atomic E-state index is 13.1. The van der Waals surface area contributed by atoms with Crippen LogP contribution < -0.4 is 5.32 Å². The lowest BCUT2D eigenvalue weighted by Gasteiger charge is -2.33. The molecule has 4 nitrogen and oxygen atoms in total. The van der Waals surface area contributed by atoms with E-state index in [-0.39, 0.29) is 5.91 Å². The van der Waals surface area contributed by atoms with E-state index in [2.05, 4.69) is 48.3 Å². The molecule has 1 unspecified atom stereocenters. The van der Waals surface area contributed by atoms with Gasteiger partial charge < -0.3 is 5.32 Å². The highest BCUT2D eigenvalue weighted by Crippen LogP contribution is 2.30. The van der Waals surface area contributed by atoms with E-state index < -0.39 is 0 Å². The van der Waals surface area contributed by atoms with Gasteiger partial charge >= 0.3 is 0 Å². The number of amides is 1. The predicted octanol–water partition coefficient (Wildman–Crippen LogP) is 5.55. The molecule has 3 aromatic rings. The second-order valence-electron chi connectivity index (χ2n) is 8.26. The highest BCUT2D eigenvalue weighted by molar-refractivity contribution is 7.99. The summed E-state index contributed by atoms with van der Waals surface area (Å²) in [4.78, 5) is 21.5. The SMILES string of the molecule is CCc1ccc(Sc2cc(C(=O)NCCN3CCCCC3C)c3ccccc3n2)cc1. The summed E-state index contributed by atoms with van der Waals surface area (Å²) in [5.41, 5.74) is 2.87. The van der Waals surface area contributed by atoms with Crippen LogP contribution in [-0.2, 0) is 6.42 Å². The molecule has 1 aliphatic rings. The number of nitrogens with zero attached hydrogens (tertiary/aromatic N) is 2. The second kappa shape index (κ2) is 10.3. The normalized spacial score (nSPS) is 17.0. The van der Waals surface area contributed by atoms with Gasteiger partial charge in [0.05, 0.1) is 11.1 Å². The third-order valence-corrected chi connectivity index (χ3v) is 7.04. The van der Waals surface area contributed by atoms with Crippen LogP contribution in [0.4, 0.5) is 0 Å². The van der Waals surface area contributed by atoms with E-state index in [0.717, 1.165) is 40.3 Å². The lowest BCUT2D eigenvalue weighted by atomic mass is 10.0. The van der Waals surface area contributed by atoms with Crippen LogP contribution in [0.1, 0.15) is 49.0 Å². The zero-order valence-corrected chi connectivity index (χ0v) is 19.3. The molecule has 0 radical (unpaired) electrons. The van der Waals surface area contributed by atoms with Gasteiger partial charge in [0.25, 0.3) is 5.91 Å². The molecule has 0 bridgehead atoms. The average Bonchev–Trinajstić information content (AvgIpc) is 2.80. The van der Waals surface area contributed by atoms with Gasteiger partial charge in [-0.25, -0.2) is 4.98 Å². The standard InChI is InChI=1S/C26H31N3OS/c1-3-20-11-13-21(14-12-20)31-25-18-23(22-9-4-5-10-24(22)28-25)26(30)27-15-17-29-16-7-6-8-19(29)2/h4-5,9-14,18-19H,3,6-8,15-17H2,1-2H3,(H,27,30). The fourth-order valence-corrected chi connectivity index (χ4v) is 5.04. The molecule has 4 rings (SSSR count). The van der Waals surface area contributed by atoms with Crippen molar-refractivity contribution in [2.75, 3.05) is 19.6 Å². The number of nitrogens with one attached hydrogen (secondary N) is 1. The van der Waals surface area contributed by atoms with Crippen molar-refractivity contribution in [2.45, 2.75) is 55.5 Å². The van der Waals surface area contributed by atoms with E-state index in [1.165, 1.54) is 24.8 Å². The molecule has 162 valence electrons. The Bertz CT molecular complexity index is 1030. The van der Waals surface area contributed by atoms with Gasteiger partial charge in [0, 0.05) is 29.4 Å². The van der Waals surface area contributed by atoms with Crippen LogP contribution in [0.5, 0.6) is 0 Å². The molecule has 0 aliphatic carbocycles. The monoisotopic (exact) mass is 433 g/mol. The van der Waals surface area contributed by atoms with E-state index in [9.17, 15) is 4.79 Å². The number of rotatable bonds is 7. The smallest absolute Gasteiger partial charge is 0.252 e. The third-order valence-electron chi connectivity index (χ3n) is 6.12. The first-order chi connectivity index (χ1) is 15.1. The number of aromatic nitrogens is 1. The molecule has 0 saturated carbocycles. The van der Waals surface area contributed by atoms with Gasteiger partial charge in [-0.3, -0.25) is 9.69 Å². The van der Waals surface area contributed by atoms with Crippen molar-refractivity contribution >= 4 is 28.6 Å². The fourth-order valence-electron chi connectivity index (χ4n) is 4.20. The van der Waals surface area contributed by atoms with Gasteiger partial charge in [-0.2, -0.15) is 0 Å². The first-order valence-corrected chi connectivity index (χ1v) is 12.1. The lowest BCUT2D eigenvalue weighted by Crippen LogP contribution is -2.42. The van der Waals surface area contributed by atoms with Crippen molar-refractivity contribution in [1.82, 2.24) is 15.2 Å². The molecule has 0 spiro atoms. The van der Waals surface area contributed by atoms with Gasteiger partial charge in [0.2, 0.25) is 0 Å². The van der Waals surface area contributed by atoms with E-state index in [1.54, 1.807) is 11.8 Å². The van der Waals surface area contributed by atoms with Crippen LogP contribution in [0.3, 0.4) is 0 Å². The molecule has 2 heterocycles. The summed E-state index contributed by atoms with van der Waals surface area (Å²) >= 11 is 1.60. The maximum atomic E-state index is 13.1. The molecule has 1 atom stereocenters. The average molecular weight is 434 g/mol. The minimum Gasteiger partial charge on any atom is -0.351 e. The van der Waals surface area contributed by atoms with Gasteiger partial charge in [0.1, 0.15) is 5.03 Å². The number of piperidine rings is 1. The summed E-state index contributed by atoms with van der Waals surface area (Å²) in [6.07, 6.45) is 4.85. The Balaban J connectivity index is 1.50. The van der Waals surface area contributed by atoms with Crippen LogP contribution >= 0.6 is 11.8 Å². The van der Waals surface area contributed by atoms with Crippen molar-refractivity contribution in [3.8, 4) is 0 Å². The number of fused-ring (bicyclic) bond motifs is 1. The highest BCUT2D eigenvalue weighted by atomic mass is 32.2. The number of hydrogen-bond acceptors (Lipinski definition) is 4. The number of carbonyl (C=O) groups excluding carboxylic acids is 1. The molecular formula is C26H31N3OS. The largest absolute Gasteiger partial charge is 0.351 e. The maximum Gasteiger partial charge on any atom is 0.252 e. The van der Waals surface area contributed by atoms with Crippen molar-refractivity contribution in [3.63, 3.8) is 0 Å². The number of likely N-dealkylation sites (tertiary alicyclic amines) is 1. The number of benzene rings is 2. The van der Waals surface area contributed by atoms with Crippen LogP contribution in [0.25, 0.3) is 10.9 Å². The lowest BCUT2D eigenvalue weighted by molar-refractivity contribution is 0.0940. The zero-order valence-electron chi connectivity index (χ0n) is 18.4. The van der Waals surface area contributed by atoms with E-state index in [4.69, 9.17) is 4.98 Å². The van der Waals surface area contributed by atoms with Crippen molar-refractivity contribution < 1.29 is 4.79 Å². The molecule has 1 saturated heterocycles. The number of para-hydroxylation sites is 1. The van der Waals surface area contributed by atoms with Gasteiger partial charge in [0.15, 0.2) is 0 Å². The fraction of sp³-hybridized carbons (Fsp3) is 0.385. The van der Waals surface area contributed by atoms with Crippen LogP contribution in [0, 0.1) is 0 Å². The van der Waals surface area contributed by atoms with E-state index in [0.29, 0.717) is 18.2 Å². The minimum atomic E-state index is -0.0218. The van der Waals surface area contributed by atoms with Crippen molar-refractivity contribution in [1.29, 1.82) is 0 Å². The summed E-state index contributed by atoms with van der Waals surface area (Å²) in [5.74, 6) is -0.0218. The molecule has 1 amide bonds. The number of hydrogen-bond donors (Lipinski definition) is 1. The van der Waals surface area contributed by atoms with Gasteiger partial charge in [-0.05, 0) is 62.6 Å². The summed E-state index contributed by atoms with van der Waals surface area (Å²) < 4.78 is 0. The quantitative estimate of drug-likeness (QED) is 0.530. The molecule has 2 aromatic carbocycles. The number of pyridine rings is 1. The number of aryl methyl sites for hydroxylation is 1. The van der Waals surface area contributed by atoms with Crippen molar-refractivity contribution in [2.24, 2.45) is 0 Å². The van der Waals surface area contributed by atoms with Gasteiger partial charge in [-0.1, -0.05) is 55.4 Å².